The van der Waals surface area contributed by atoms with Crippen LogP contribution in [-0.2, 0) is 25.5 Å². The lowest BCUT2D eigenvalue weighted by atomic mass is 10.0. The molecule has 1 heterocycles. The molecule has 0 aliphatic carbocycles. The number of nitrogens with zero attached hydrogens (tertiary/aromatic N) is 2. The number of nitrogens with one attached hydrogen (secondary N) is 2. The second kappa shape index (κ2) is 14.2. The predicted molar refractivity (Wildman–Crippen MR) is 129 cm³/mol. The topological polar surface area (TPSA) is 108 Å². The molecule has 2 unspecified atom stereocenters. The Morgan fingerprint density at radius 3 is 2.47 bits per heavy atom. The zero-order valence-electron chi connectivity index (χ0n) is 20.5. The minimum Gasteiger partial charge on any atom is -0.466 e. The van der Waals surface area contributed by atoms with Crippen LogP contribution in [0, 0.1) is 0 Å². The first-order valence-electron chi connectivity index (χ1n) is 12.2. The van der Waals surface area contributed by atoms with E-state index >= 15 is 0 Å². The number of amides is 4. The number of hydrogen-bond acceptors (Lipinski definition) is 5. The number of unbranched alkanes of at least 4 members (excludes halogenated alkanes) is 1. The molecule has 34 heavy (non-hydrogen) atoms. The average molecular weight is 475 g/mol. The lowest BCUT2D eigenvalue weighted by molar-refractivity contribution is -0.144. The summed E-state index contributed by atoms with van der Waals surface area (Å²) < 4.78 is 4.88. The molecule has 1 fully saturated rings. The van der Waals surface area contributed by atoms with Crippen LogP contribution in [0.25, 0.3) is 0 Å². The number of piperazine rings is 1. The van der Waals surface area contributed by atoms with Gasteiger partial charge in [0.2, 0.25) is 11.8 Å². The quantitative estimate of drug-likeness (QED) is 0.377. The van der Waals surface area contributed by atoms with Gasteiger partial charge in [-0.1, -0.05) is 43.7 Å². The minimum atomic E-state index is -0.755. The van der Waals surface area contributed by atoms with Crippen molar-refractivity contribution in [2.24, 2.45) is 0 Å². The van der Waals surface area contributed by atoms with Crippen molar-refractivity contribution < 1.29 is 23.9 Å². The van der Waals surface area contributed by atoms with E-state index in [0.29, 0.717) is 32.6 Å². The highest BCUT2D eigenvalue weighted by Gasteiger charge is 2.33. The van der Waals surface area contributed by atoms with Crippen molar-refractivity contribution in [1.29, 1.82) is 0 Å². The van der Waals surface area contributed by atoms with Crippen LogP contribution in [-0.4, -0.2) is 78.5 Å². The van der Waals surface area contributed by atoms with Crippen LogP contribution in [0.15, 0.2) is 30.3 Å². The summed E-state index contributed by atoms with van der Waals surface area (Å²) >= 11 is 0. The highest BCUT2D eigenvalue weighted by Crippen LogP contribution is 2.14. The Morgan fingerprint density at radius 2 is 1.82 bits per heavy atom. The first kappa shape index (κ1) is 27.1. The summed E-state index contributed by atoms with van der Waals surface area (Å²) in [6, 6.07) is 8.48. The van der Waals surface area contributed by atoms with E-state index < -0.39 is 12.0 Å². The molecule has 0 spiro atoms. The van der Waals surface area contributed by atoms with Crippen LogP contribution in [0.2, 0.25) is 0 Å². The van der Waals surface area contributed by atoms with Crippen LogP contribution >= 0.6 is 0 Å². The summed E-state index contributed by atoms with van der Waals surface area (Å²) in [4.78, 5) is 53.5. The summed E-state index contributed by atoms with van der Waals surface area (Å²) in [5, 5.41) is 5.74. The molecular formula is C25H38N4O5. The number of carbonyl (C=O) groups excluding carboxylic acids is 4. The van der Waals surface area contributed by atoms with Gasteiger partial charge in [-0.2, -0.15) is 0 Å². The molecule has 1 aromatic rings. The zero-order chi connectivity index (χ0) is 24.9. The van der Waals surface area contributed by atoms with E-state index in [-0.39, 0.29) is 43.3 Å². The van der Waals surface area contributed by atoms with E-state index in [9.17, 15) is 19.2 Å². The van der Waals surface area contributed by atoms with Crippen LogP contribution < -0.4 is 10.6 Å². The molecule has 2 rings (SSSR count). The van der Waals surface area contributed by atoms with Gasteiger partial charge >= 0.3 is 12.0 Å². The molecule has 1 aliphatic heterocycles. The number of carbonyl (C=O) groups is 4. The fraction of sp³-hybridized carbons (Fsp3) is 0.600. The van der Waals surface area contributed by atoms with Gasteiger partial charge in [0.25, 0.3) is 0 Å². The standard InChI is InChI=1S/C25H38N4O5/c1-4-6-14-26-25(33)29-16-15-28(18-19(29)3)24(32)21(17-20-10-8-7-9-11-20)27-22(30)12-13-23(31)34-5-2/h7-11,19,21H,4-6,12-18H2,1-3H3,(H,26,33)(H,27,30). The molecule has 9 nitrogen and oxygen atoms in total. The molecule has 9 heteroatoms. The maximum absolute atomic E-state index is 13.4. The monoisotopic (exact) mass is 474 g/mol. The first-order valence-corrected chi connectivity index (χ1v) is 12.2. The maximum atomic E-state index is 13.4. The molecule has 0 aromatic heterocycles. The van der Waals surface area contributed by atoms with E-state index in [4.69, 9.17) is 4.74 Å². The number of ether oxygens (including phenoxy) is 1. The molecule has 0 bridgehead atoms. The lowest BCUT2D eigenvalue weighted by Gasteiger charge is -2.41. The third kappa shape index (κ3) is 8.68. The van der Waals surface area contributed by atoms with Crippen molar-refractivity contribution in [3.05, 3.63) is 35.9 Å². The van der Waals surface area contributed by atoms with Crippen molar-refractivity contribution >= 4 is 23.8 Å². The third-order valence-corrected chi connectivity index (χ3v) is 5.78. The maximum Gasteiger partial charge on any atom is 0.317 e. The van der Waals surface area contributed by atoms with E-state index in [0.717, 1.165) is 18.4 Å². The Morgan fingerprint density at radius 1 is 1.09 bits per heavy atom. The summed E-state index contributed by atoms with van der Waals surface area (Å²) in [7, 11) is 0. The molecule has 1 aliphatic rings. The van der Waals surface area contributed by atoms with Crippen LogP contribution in [0.5, 0.6) is 0 Å². The van der Waals surface area contributed by atoms with E-state index in [2.05, 4.69) is 17.6 Å². The first-order chi connectivity index (χ1) is 16.3. The van der Waals surface area contributed by atoms with Gasteiger partial charge in [-0.15, -0.1) is 0 Å². The smallest absolute Gasteiger partial charge is 0.317 e. The van der Waals surface area contributed by atoms with Crippen LogP contribution in [0.3, 0.4) is 0 Å². The molecule has 2 atom stereocenters. The van der Waals surface area contributed by atoms with Gasteiger partial charge in [0, 0.05) is 45.1 Å². The Kier molecular flexibility index (Phi) is 11.4. The average Bonchev–Trinajstić information content (AvgIpc) is 2.82. The molecule has 1 saturated heterocycles. The Hall–Kier alpha value is -3.10. The zero-order valence-corrected chi connectivity index (χ0v) is 20.5. The molecule has 0 radical (unpaired) electrons. The number of rotatable bonds is 11. The molecule has 188 valence electrons. The Bertz CT molecular complexity index is 817. The van der Waals surface area contributed by atoms with Gasteiger partial charge in [-0.3, -0.25) is 14.4 Å². The normalized spacial score (nSPS) is 16.5. The van der Waals surface area contributed by atoms with Gasteiger partial charge in [-0.05, 0) is 25.8 Å². The molecule has 0 saturated carbocycles. The van der Waals surface area contributed by atoms with E-state index in [1.165, 1.54) is 0 Å². The molecule has 2 N–H and O–H groups in total. The van der Waals surface area contributed by atoms with Gasteiger partial charge in [0.15, 0.2) is 0 Å². The van der Waals surface area contributed by atoms with Crippen molar-refractivity contribution in [3.63, 3.8) is 0 Å². The number of benzene rings is 1. The molecule has 1 aromatic carbocycles. The number of esters is 1. The van der Waals surface area contributed by atoms with Gasteiger partial charge in [0.05, 0.1) is 13.0 Å². The van der Waals surface area contributed by atoms with Crippen LogP contribution in [0.1, 0.15) is 52.0 Å². The second-order valence-electron chi connectivity index (χ2n) is 8.53. The van der Waals surface area contributed by atoms with Gasteiger partial charge in [0.1, 0.15) is 6.04 Å². The number of hydrogen-bond donors (Lipinski definition) is 2. The van der Waals surface area contributed by atoms with Crippen molar-refractivity contribution in [3.8, 4) is 0 Å². The number of urea groups is 1. The third-order valence-electron chi connectivity index (χ3n) is 5.78. The summed E-state index contributed by atoms with van der Waals surface area (Å²) in [6.45, 7) is 7.82. The SMILES string of the molecule is CCCCNC(=O)N1CCN(C(=O)C(Cc2ccccc2)NC(=O)CCC(=O)OCC)CC1C. The summed E-state index contributed by atoms with van der Waals surface area (Å²) in [6.07, 6.45) is 2.20. The Balaban J connectivity index is 2.01. The highest BCUT2D eigenvalue weighted by molar-refractivity contribution is 5.89. The van der Waals surface area contributed by atoms with Crippen molar-refractivity contribution in [2.45, 2.75) is 65.0 Å². The van der Waals surface area contributed by atoms with Gasteiger partial charge in [-0.25, -0.2) is 4.79 Å². The predicted octanol–water partition coefficient (Wildman–Crippen LogP) is 2.10. The van der Waals surface area contributed by atoms with E-state index in [1.807, 2.05) is 37.3 Å². The Labute approximate surface area is 202 Å². The fourth-order valence-electron chi connectivity index (χ4n) is 3.92. The fourth-order valence-corrected chi connectivity index (χ4v) is 3.92. The largest absolute Gasteiger partial charge is 0.466 e. The van der Waals surface area contributed by atoms with Crippen molar-refractivity contribution in [2.75, 3.05) is 32.8 Å². The summed E-state index contributed by atoms with van der Waals surface area (Å²) in [5.74, 6) is -0.999. The second-order valence-corrected chi connectivity index (χ2v) is 8.53. The summed E-state index contributed by atoms with van der Waals surface area (Å²) in [5.41, 5.74) is 0.925. The minimum absolute atomic E-state index is 0.0330. The van der Waals surface area contributed by atoms with Gasteiger partial charge < -0.3 is 25.2 Å². The highest BCUT2D eigenvalue weighted by atomic mass is 16.5. The van der Waals surface area contributed by atoms with Crippen LogP contribution in [0.4, 0.5) is 4.79 Å². The van der Waals surface area contributed by atoms with E-state index in [1.54, 1.807) is 16.7 Å². The lowest BCUT2D eigenvalue weighted by Crippen LogP contribution is -2.60. The molecular weight excluding hydrogens is 436 g/mol. The van der Waals surface area contributed by atoms with Crippen molar-refractivity contribution in [1.82, 2.24) is 20.4 Å². The molecule has 4 amide bonds.